The number of fused-ring (bicyclic) bond motifs is 9. The second-order valence-electron chi connectivity index (χ2n) is 14.0. The molecule has 3 heterocycles. The summed E-state index contributed by atoms with van der Waals surface area (Å²) in [5.41, 5.74) is 12.9. The number of para-hydroxylation sites is 5. The maximum absolute atomic E-state index is 10.0. The van der Waals surface area contributed by atoms with Crippen LogP contribution in [0.1, 0.15) is 11.1 Å². The number of hydrogen-bond acceptors (Lipinski definition) is 2. The van der Waals surface area contributed by atoms with Gasteiger partial charge < -0.3 is 13.7 Å². The Balaban J connectivity index is 1.16. The van der Waals surface area contributed by atoms with E-state index >= 15 is 0 Å². The molecule has 254 valence electrons. The van der Waals surface area contributed by atoms with Crippen molar-refractivity contribution in [1.29, 1.82) is 10.5 Å². The summed E-state index contributed by atoms with van der Waals surface area (Å²) >= 11 is 0. The maximum Gasteiger partial charge on any atom is 0.0992 e. The van der Waals surface area contributed by atoms with Crippen LogP contribution in [0.4, 0.5) is 0 Å². The fourth-order valence-corrected chi connectivity index (χ4v) is 8.75. The lowest BCUT2D eigenvalue weighted by molar-refractivity contribution is 1.13. The SMILES string of the molecule is N#Cc1ccc(-c2ccc(-n3c4ccc(C#N)cc4c4cccc(-n5c6ccccc6c6ccccc65)c43)cc2)c(-n2c3ccccc3c3ccccc32)c1. The normalized spacial score (nSPS) is 11.6. The highest BCUT2D eigenvalue weighted by Crippen LogP contribution is 2.41. The Labute approximate surface area is 316 Å². The molecule has 0 aliphatic carbocycles. The molecular weight excluding hydrogens is 671 g/mol. The van der Waals surface area contributed by atoms with Crippen LogP contribution in [-0.2, 0) is 0 Å². The Morgan fingerprint density at radius 2 is 0.818 bits per heavy atom. The lowest BCUT2D eigenvalue weighted by Crippen LogP contribution is -2.01. The molecule has 0 saturated carbocycles. The number of benzene rings is 8. The molecule has 0 N–H and O–H groups in total. The number of hydrogen-bond donors (Lipinski definition) is 0. The van der Waals surface area contributed by atoms with E-state index in [0.29, 0.717) is 11.1 Å². The van der Waals surface area contributed by atoms with Gasteiger partial charge in [0.25, 0.3) is 0 Å². The van der Waals surface area contributed by atoms with Crippen molar-refractivity contribution in [3.05, 3.63) is 187 Å². The van der Waals surface area contributed by atoms with E-state index in [0.717, 1.165) is 72.1 Å². The molecule has 11 aromatic rings. The Morgan fingerprint density at radius 1 is 0.345 bits per heavy atom. The molecule has 0 bridgehead atoms. The predicted octanol–water partition coefficient (Wildman–Crippen LogP) is 12.4. The molecule has 0 atom stereocenters. The van der Waals surface area contributed by atoms with Gasteiger partial charge in [-0.05, 0) is 78.4 Å². The molecule has 5 nitrogen and oxygen atoms in total. The minimum Gasteiger partial charge on any atom is -0.309 e. The molecule has 0 unspecified atom stereocenters. The van der Waals surface area contributed by atoms with Gasteiger partial charge in [0, 0.05) is 43.6 Å². The first kappa shape index (κ1) is 30.7. The van der Waals surface area contributed by atoms with E-state index < -0.39 is 0 Å². The Bertz CT molecular complexity index is 3350. The Morgan fingerprint density at radius 3 is 1.38 bits per heavy atom. The molecule has 8 aromatic carbocycles. The third kappa shape index (κ3) is 4.45. The molecular formula is C50H29N5. The highest BCUT2D eigenvalue weighted by molar-refractivity contribution is 6.15. The van der Waals surface area contributed by atoms with E-state index in [-0.39, 0.29) is 0 Å². The van der Waals surface area contributed by atoms with Crippen molar-refractivity contribution in [3.63, 3.8) is 0 Å². The largest absolute Gasteiger partial charge is 0.309 e. The first-order valence-corrected chi connectivity index (χ1v) is 18.3. The molecule has 0 amide bonds. The number of nitrogens with zero attached hydrogens (tertiary/aromatic N) is 5. The van der Waals surface area contributed by atoms with Crippen LogP contribution in [0.15, 0.2) is 176 Å². The summed E-state index contributed by atoms with van der Waals surface area (Å²) in [6.07, 6.45) is 0. The third-order valence-corrected chi connectivity index (χ3v) is 11.1. The molecule has 55 heavy (non-hydrogen) atoms. The molecule has 5 heteroatoms. The minimum atomic E-state index is 0.608. The molecule has 3 aromatic heterocycles. The first-order chi connectivity index (χ1) is 27.2. The van der Waals surface area contributed by atoms with E-state index in [2.05, 4.69) is 177 Å². The van der Waals surface area contributed by atoms with Crippen LogP contribution in [0.25, 0.3) is 93.6 Å². The van der Waals surface area contributed by atoms with Crippen LogP contribution in [-0.4, -0.2) is 13.7 Å². The molecule has 0 aliphatic heterocycles. The van der Waals surface area contributed by atoms with Gasteiger partial charge in [0.2, 0.25) is 0 Å². The van der Waals surface area contributed by atoms with Crippen LogP contribution < -0.4 is 0 Å². The Hall–Kier alpha value is -7.86. The van der Waals surface area contributed by atoms with Gasteiger partial charge >= 0.3 is 0 Å². The molecule has 0 fully saturated rings. The van der Waals surface area contributed by atoms with Crippen molar-refractivity contribution in [2.45, 2.75) is 0 Å². The summed E-state index contributed by atoms with van der Waals surface area (Å²) in [6, 6.07) is 66.0. The van der Waals surface area contributed by atoms with Crippen LogP contribution in [0.3, 0.4) is 0 Å². The minimum absolute atomic E-state index is 0.608. The van der Waals surface area contributed by atoms with Gasteiger partial charge in [-0.3, -0.25) is 0 Å². The maximum atomic E-state index is 10.0. The zero-order chi connectivity index (χ0) is 36.6. The average Bonchev–Trinajstić information content (AvgIpc) is 3.89. The quantitative estimate of drug-likeness (QED) is 0.184. The van der Waals surface area contributed by atoms with Crippen molar-refractivity contribution in [3.8, 4) is 40.3 Å². The van der Waals surface area contributed by atoms with Crippen molar-refractivity contribution in [1.82, 2.24) is 13.7 Å². The van der Waals surface area contributed by atoms with E-state index in [1.54, 1.807) is 0 Å². The number of rotatable bonds is 4. The van der Waals surface area contributed by atoms with Crippen LogP contribution in [0.5, 0.6) is 0 Å². The van der Waals surface area contributed by atoms with E-state index in [4.69, 9.17) is 0 Å². The van der Waals surface area contributed by atoms with Gasteiger partial charge in [0.15, 0.2) is 0 Å². The summed E-state index contributed by atoms with van der Waals surface area (Å²) in [5, 5.41) is 26.8. The van der Waals surface area contributed by atoms with E-state index in [9.17, 15) is 10.5 Å². The van der Waals surface area contributed by atoms with Crippen LogP contribution in [0, 0.1) is 22.7 Å². The fourth-order valence-electron chi connectivity index (χ4n) is 8.75. The van der Waals surface area contributed by atoms with Gasteiger partial charge in [-0.25, -0.2) is 0 Å². The Kier molecular flexibility index (Phi) is 6.61. The van der Waals surface area contributed by atoms with Crippen molar-refractivity contribution < 1.29 is 0 Å². The van der Waals surface area contributed by atoms with Crippen molar-refractivity contribution in [2.75, 3.05) is 0 Å². The van der Waals surface area contributed by atoms with Gasteiger partial charge in [0.1, 0.15) is 0 Å². The lowest BCUT2D eigenvalue weighted by Gasteiger charge is -2.16. The van der Waals surface area contributed by atoms with E-state index in [1.165, 1.54) is 21.5 Å². The second-order valence-corrected chi connectivity index (χ2v) is 14.0. The summed E-state index contributed by atoms with van der Waals surface area (Å²) in [6.45, 7) is 0. The molecule has 11 rings (SSSR count). The predicted molar refractivity (Wildman–Crippen MR) is 224 cm³/mol. The monoisotopic (exact) mass is 699 g/mol. The van der Waals surface area contributed by atoms with E-state index in [1.807, 2.05) is 24.3 Å². The van der Waals surface area contributed by atoms with Gasteiger partial charge in [-0.1, -0.05) is 103 Å². The van der Waals surface area contributed by atoms with Crippen LogP contribution >= 0.6 is 0 Å². The van der Waals surface area contributed by atoms with Gasteiger partial charge in [-0.15, -0.1) is 0 Å². The van der Waals surface area contributed by atoms with Gasteiger partial charge in [0.05, 0.1) is 67.7 Å². The summed E-state index contributed by atoms with van der Waals surface area (Å²) in [4.78, 5) is 0. The highest BCUT2D eigenvalue weighted by Gasteiger charge is 2.21. The topological polar surface area (TPSA) is 62.4 Å². The summed E-state index contributed by atoms with van der Waals surface area (Å²) < 4.78 is 6.99. The highest BCUT2D eigenvalue weighted by atomic mass is 15.1. The smallest absolute Gasteiger partial charge is 0.0992 e. The standard InChI is InChI=1S/C50H29N5/c51-30-32-21-27-47-42(28-32)41-14-9-19-48(54-43-15-5-1-10-37(43)38-11-2-6-16-44(38)54)50(41)53(47)35-24-22-34(23-25-35)36-26-20-33(31-52)29-49(36)55-45-17-7-3-12-39(45)40-13-4-8-18-46(40)55/h1-29H. The number of aromatic nitrogens is 3. The lowest BCUT2D eigenvalue weighted by atomic mass is 10.0. The molecule has 0 spiro atoms. The number of nitriles is 2. The summed E-state index contributed by atoms with van der Waals surface area (Å²) in [5.74, 6) is 0. The summed E-state index contributed by atoms with van der Waals surface area (Å²) in [7, 11) is 0. The zero-order valence-corrected chi connectivity index (χ0v) is 29.5. The molecule has 0 radical (unpaired) electrons. The third-order valence-electron chi connectivity index (χ3n) is 11.1. The second kappa shape index (κ2) is 11.8. The molecule has 0 aliphatic rings. The van der Waals surface area contributed by atoms with Gasteiger partial charge in [-0.2, -0.15) is 10.5 Å². The van der Waals surface area contributed by atoms with Crippen LogP contribution in [0.2, 0.25) is 0 Å². The fraction of sp³-hybridized carbons (Fsp3) is 0. The molecule has 0 saturated heterocycles. The van der Waals surface area contributed by atoms with Crippen molar-refractivity contribution >= 4 is 65.4 Å². The van der Waals surface area contributed by atoms with Crippen molar-refractivity contribution in [2.24, 2.45) is 0 Å². The zero-order valence-electron chi connectivity index (χ0n) is 29.5. The first-order valence-electron chi connectivity index (χ1n) is 18.3. The average molecular weight is 700 g/mol.